The van der Waals surface area contributed by atoms with Crippen LogP contribution in [0.5, 0.6) is 0 Å². The van der Waals surface area contributed by atoms with E-state index in [0.29, 0.717) is 5.92 Å². The van der Waals surface area contributed by atoms with E-state index in [1.165, 1.54) is 6.07 Å². The average Bonchev–Trinajstić information content (AvgIpc) is 2.71. The number of hydrogen-bond acceptors (Lipinski definition) is 1. The standard InChI is InChI=1S/C12H12ClFN2/c1-8(2)9-6-15-16(7-9)10-3-4-12(14)11(13)5-10/h3-8H,1-2H3. The molecule has 0 aliphatic carbocycles. The Bertz CT molecular complexity index is 505. The van der Waals surface area contributed by atoms with E-state index in [-0.39, 0.29) is 5.02 Å². The van der Waals surface area contributed by atoms with Crippen LogP contribution in [0.15, 0.2) is 30.6 Å². The van der Waals surface area contributed by atoms with Crippen molar-refractivity contribution in [2.24, 2.45) is 0 Å². The van der Waals surface area contributed by atoms with Crippen molar-refractivity contribution in [3.8, 4) is 5.69 Å². The molecule has 0 fully saturated rings. The Morgan fingerprint density at radius 1 is 1.38 bits per heavy atom. The highest BCUT2D eigenvalue weighted by molar-refractivity contribution is 6.30. The highest BCUT2D eigenvalue weighted by Gasteiger charge is 2.06. The van der Waals surface area contributed by atoms with E-state index in [9.17, 15) is 4.39 Å². The summed E-state index contributed by atoms with van der Waals surface area (Å²) >= 11 is 5.72. The van der Waals surface area contributed by atoms with Gasteiger partial charge in [0, 0.05) is 6.20 Å². The van der Waals surface area contributed by atoms with Crippen molar-refractivity contribution in [2.75, 3.05) is 0 Å². The lowest BCUT2D eigenvalue weighted by molar-refractivity contribution is 0.627. The summed E-state index contributed by atoms with van der Waals surface area (Å²) in [5.41, 5.74) is 1.90. The van der Waals surface area contributed by atoms with E-state index in [2.05, 4.69) is 18.9 Å². The van der Waals surface area contributed by atoms with Gasteiger partial charge in [-0.3, -0.25) is 0 Å². The molecule has 2 aromatic rings. The Morgan fingerprint density at radius 2 is 2.12 bits per heavy atom. The SMILES string of the molecule is CC(C)c1cnn(-c2ccc(F)c(Cl)c2)c1. The third-order valence-corrected chi connectivity index (χ3v) is 2.73. The van der Waals surface area contributed by atoms with Gasteiger partial charge in [-0.25, -0.2) is 9.07 Å². The van der Waals surface area contributed by atoms with Crippen LogP contribution in [0, 0.1) is 5.82 Å². The van der Waals surface area contributed by atoms with Crippen molar-refractivity contribution < 1.29 is 4.39 Å². The molecule has 1 aromatic carbocycles. The molecule has 0 atom stereocenters. The Balaban J connectivity index is 2.39. The van der Waals surface area contributed by atoms with Crippen molar-refractivity contribution in [1.82, 2.24) is 9.78 Å². The third kappa shape index (κ3) is 2.09. The lowest BCUT2D eigenvalue weighted by Gasteiger charge is -2.02. The van der Waals surface area contributed by atoms with E-state index in [0.717, 1.165) is 11.3 Å². The molecule has 4 heteroatoms. The third-order valence-electron chi connectivity index (χ3n) is 2.44. The lowest BCUT2D eigenvalue weighted by atomic mass is 10.1. The van der Waals surface area contributed by atoms with Crippen LogP contribution >= 0.6 is 11.6 Å². The van der Waals surface area contributed by atoms with Crippen LogP contribution in [0.25, 0.3) is 5.69 Å². The number of aromatic nitrogens is 2. The first-order chi connectivity index (χ1) is 7.58. The van der Waals surface area contributed by atoms with Crippen molar-refractivity contribution in [3.63, 3.8) is 0 Å². The highest BCUT2D eigenvalue weighted by Crippen LogP contribution is 2.20. The van der Waals surface area contributed by atoms with E-state index < -0.39 is 5.82 Å². The van der Waals surface area contributed by atoms with Gasteiger partial charge in [-0.15, -0.1) is 0 Å². The van der Waals surface area contributed by atoms with Crippen molar-refractivity contribution in [3.05, 3.63) is 47.0 Å². The molecule has 0 saturated heterocycles. The van der Waals surface area contributed by atoms with Gasteiger partial charge in [0.05, 0.1) is 16.9 Å². The van der Waals surface area contributed by atoms with E-state index >= 15 is 0 Å². The largest absolute Gasteiger partial charge is 0.241 e. The van der Waals surface area contributed by atoms with Crippen molar-refractivity contribution >= 4 is 11.6 Å². The van der Waals surface area contributed by atoms with Crippen LogP contribution in [0.2, 0.25) is 5.02 Å². The summed E-state index contributed by atoms with van der Waals surface area (Å²) in [5.74, 6) is 0.00586. The van der Waals surface area contributed by atoms with Crippen LogP contribution in [-0.4, -0.2) is 9.78 Å². The van der Waals surface area contributed by atoms with Gasteiger partial charge >= 0.3 is 0 Å². The predicted octanol–water partition coefficient (Wildman–Crippen LogP) is 3.79. The maximum Gasteiger partial charge on any atom is 0.141 e. The molecule has 0 saturated carbocycles. The maximum atomic E-state index is 13.0. The fourth-order valence-electron chi connectivity index (χ4n) is 1.40. The van der Waals surface area contributed by atoms with Gasteiger partial charge in [0.2, 0.25) is 0 Å². The monoisotopic (exact) mass is 238 g/mol. The van der Waals surface area contributed by atoms with Crippen LogP contribution in [0.4, 0.5) is 4.39 Å². The second-order valence-electron chi connectivity index (χ2n) is 3.97. The van der Waals surface area contributed by atoms with Crippen LogP contribution in [0.3, 0.4) is 0 Å². The first-order valence-electron chi connectivity index (χ1n) is 5.08. The minimum Gasteiger partial charge on any atom is -0.241 e. The molecule has 1 aromatic heterocycles. The van der Waals surface area contributed by atoms with Gasteiger partial charge in [0.25, 0.3) is 0 Å². The fraction of sp³-hybridized carbons (Fsp3) is 0.250. The zero-order chi connectivity index (χ0) is 11.7. The topological polar surface area (TPSA) is 17.8 Å². The zero-order valence-corrected chi connectivity index (χ0v) is 9.87. The second kappa shape index (κ2) is 4.26. The summed E-state index contributed by atoms with van der Waals surface area (Å²) in [4.78, 5) is 0. The van der Waals surface area contributed by atoms with Gasteiger partial charge < -0.3 is 0 Å². The number of rotatable bonds is 2. The summed E-state index contributed by atoms with van der Waals surface area (Å²) in [6.07, 6.45) is 3.73. The van der Waals surface area contributed by atoms with Gasteiger partial charge in [-0.05, 0) is 29.7 Å². The molecule has 2 nitrogen and oxygen atoms in total. The molecule has 0 amide bonds. The fourth-order valence-corrected chi connectivity index (χ4v) is 1.58. The lowest BCUT2D eigenvalue weighted by Crippen LogP contribution is -1.94. The molecule has 0 bridgehead atoms. The Labute approximate surface area is 98.7 Å². The minimum absolute atomic E-state index is 0.110. The summed E-state index contributed by atoms with van der Waals surface area (Å²) in [6.45, 7) is 4.19. The quantitative estimate of drug-likeness (QED) is 0.778. The molecule has 2 rings (SSSR count). The van der Waals surface area contributed by atoms with Gasteiger partial charge in [0.1, 0.15) is 5.82 Å². The van der Waals surface area contributed by atoms with Gasteiger partial charge in [-0.1, -0.05) is 25.4 Å². The number of halogens is 2. The zero-order valence-electron chi connectivity index (χ0n) is 9.11. The predicted molar refractivity (Wildman–Crippen MR) is 62.6 cm³/mol. The maximum absolute atomic E-state index is 13.0. The first kappa shape index (κ1) is 11.1. The molecular weight excluding hydrogens is 227 g/mol. The van der Waals surface area contributed by atoms with Crippen LogP contribution in [0.1, 0.15) is 25.3 Å². The molecule has 16 heavy (non-hydrogen) atoms. The smallest absolute Gasteiger partial charge is 0.141 e. The first-order valence-corrected chi connectivity index (χ1v) is 5.45. The Morgan fingerprint density at radius 3 is 2.69 bits per heavy atom. The average molecular weight is 239 g/mol. The van der Waals surface area contributed by atoms with Crippen LogP contribution < -0.4 is 0 Å². The van der Waals surface area contributed by atoms with Gasteiger partial charge in [-0.2, -0.15) is 5.10 Å². The minimum atomic E-state index is -0.415. The molecule has 1 heterocycles. The molecule has 0 spiro atoms. The highest BCUT2D eigenvalue weighted by atomic mass is 35.5. The Kier molecular flexibility index (Phi) is 2.97. The number of benzene rings is 1. The Hall–Kier alpha value is -1.35. The van der Waals surface area contributed by atoms with Crippen LogP contribution in [-0.2, 0) is 0 Å². The van der Waals surface area contributed by atoms with Crippen molar-refractivity contribution in [1.29, 1.82) is 0 Å². The molecular formula is C12H12ClFN2. The number of hydrogen-bond donors (Lipinski definition) is 0. The van der Waals surface area contributed by atoms with E-state index in [1.807, 2.05) is 12.4 Å². The number of nitrogens with zero attached hydrogens (tertiary/aromatic N) is 2. The van der Waals surface area contributed by atoms with Crippen molar-refractivity contribution in [2.45, 2.75) is 19.8 Å². The molecule has 0 radical (unpaired) electrons. The normalized spacial score (nSPS) is 11.1. The molecule has 0 aliphatic rings. The summed E-state index contributed by atoms with van der Waals surface area (Å²) in [6, 6.07) is 4.56. The molecule has 0 N–H and O–H groups in total. The molecule has 84 valence electrons. The van der Waals surface area contributed by atoms with Gasteiger partial charge in [0.15, 0.2) is 0 Å². The van der Waals surface area contributed by atoms with E-state index in [4.69, 9.17) is 11.6 Å². The molecule has 0 unspecified atom stereocenters. The second-order valence-corrected chi connectivity index (χ2v) is 4.38. The summed E-state index contributed by atoms with van der Waals surface area (Å²) < 4.78 is 14.7. The van der Waals surface area contributed by atoms with E-state index in [1.54, 1.807) is 16.8 Å². The molecule has 0 aliphatic heterocycles. The summed E-state index contributed by atoms with van der Waals surface area (Å²) in [5, 5.41) is 4.32. The summed E-state index contributed by atoms with van der Waals surface area (Å²) in [7, 11) is 0.